The van der Waals surface area contributed by atoms with Gasteiger partial charge in [0, 0.05) is 43.1 Å². The Labute approximate surface area is 169 Å². The molecular formula is C21H23ClN4O2. The van der Waals surface area contributed by atoms with Gasteiger partial charge in [-0.15, -0.1) is 0 Å². The zero-order valence-electron chi connectivity index (χ0n) is 16.1. The number of ether oxygens (including phenoxy) is 2. The summed E-state index contributed by atoms with van der Waals surface area (Å²) < 4.78 is 10.7. The van der Waals surface area contributed by atoms with E-state index >= 15 is 0 Å². The van der Waals surface area contributed by atoms with E-state index in [2.05, 4.69) is 25.8 Å². The molecule has 7 heteroatoms. The van der Waals surface area contributed by atoms with Gasteiger partial charge in [0.05, 0.1) is 19.7 Å². The van der Waals surface area contributed by atoms with Crippen LogP contribution in [0.5, 0.6) is 11.5 Å². The van der Waals surface area contributed by atoms with E-state index in [0.717, 1.165) is 60.9 Å². The molecule has 146 valence electrons. The number of hydrogen-bond donors (Lipinski definition) is 0. The minimum absolute atomic E-state index is 0.692. The average Bonchev–Trinajstić information content (AvgIpc) is 2.73. The molecule has 28 heavy (non-hydrogen) atoms. The van der Waals surface area contributed by atoms with Crippen molar-refractivity contribution in [2.75, 3.05) is 45.3 Å². The highest BCUT2D eigenvalue weighted by Gasteiger charge is 2.20. The van der Waals surface area contributed by atoms with Gasteiger partial charge in [-0.25, -0.2) is 9.97 Å². The van der Waals surface area contributed by atoms with Crippen LogP contribution in [0.3, 0.4) is 0 Å². The predicted octanol–water partition coefficient (Wildman–Crippen LogP) is 3.62. The SMILES string of the molecule is COc1ccc(CN2CCN(c3ncnc4cc(Cl)ccc34)CC2)cc1OC. The Kier molecular flexibility index (Phi) is 5.50. The summed E-state index contributed by atoms with van der Waals surface area (Å²) in [4.78, 5) is 13.6. The molecule has 2 heterocycles. The van der Waals surface area contributed by atoms with Crippen LogP contribution in [0.25, 0.3) is 10.9 Å². The fraction of sp³-hybridized carbons (Fsp3) is 0.333. The summed E-state index contributed by atoms with van der Waals surface area (Å²) in [6.07, 6.45) is 1.62. The first-order valence-electron chi connectivity index (χ1n) is 9.26. The Morgan fingerprint density at radius 1 is 0.929 bits per heavy atom. The molecule has 1 fully saturated rings. The van der Waals surface area contributed by atoms with E-state index in [4.69, 9.17) is 21.1 Å². The third-order valence-electron chi connectivity index (χ3n) is 5.10. The molecule has 0 aliphatic carbocycles. The number of benzene rings is 2. The van der Waals surface area contributed by atoms with Crippen molar-refractivity contribution < 1.29 is 9.47 Å². The second-order valence-electron chi connectivity index (χ2n) is 6.81. The molecule has 0 radical (unpaired) electrons. The van der Waals surface area contributed by atoms with Gasteiger partial charge >= 0.3 is 0 Å². The van der Waals surface area contributed by atoms with Crippen LogP contribution in [0.4, 0.5) is 5.82 Å². The van der Waals surface area contributed by atoms with Crippen molar-refractivity contribution in [3.8, 4) is 11.5 Å². The number of anilines is 1. The van der Waals surface area contributed by atoms with Crippen molar-refractivity contribution in [2.45, 2.75) is 6.54 Å². The number of methoxy groups -OCH3 is 2. The molecule has 2 aromatic carbocycles. The molecule has 0 spiro atoms. The maximum Gasteiger partial charge on any atom is 0.161 e. The number of rotatable bonds is 5. The molecule has 1 saturated heterocycles. The standard InChI is InChI=1S/C21H23ClN4O2/c1-27-19-6-3-15(11-20(19)28-2)13-25-7-9-26(10-8-25)21-17-5-4-16(22)12-18(17)23-14-24-21/h3-6,11-12,14H,7-10,13H2,1-2H3. The smallest absolute Gasteiger partial charge is 0.161 e. The quantitative estimate of drug-likeness (QED) is 0.654. The number of aromatic nitrogens is 2. The molecule has 1 aromatic heterocycles. The first-order chi connectivity index (χ1) is 13.7. The lowest BCUT2D eigenvalue weighted by Gasteiger charge is -2.35. The number of halogens is 1. The van der Waals surface area contributed by atoms with Crippen molar-refractivity contribution in [1.29, 1.82) is 0 Å². The van der Waals surface area contributed by atoms with Crippen molar-refractivity contribution in [3.05, 3.63) is 53.3 Å². The molecule has 0 saturated carbocycles. The first-order valence-corrected chi connectivity index (χ1v) is 9.64. The van der Waals surface area contributed by atoms with Crippen LogP contribution in [-0.2, 0) is 6.54 Å². The Hall–Kier alpha value is -2.57. The van der Waals surface area contributed by atoms with Crippen molar-refractivity contribution in [1.82, 2.24) is 14.9 Å². The van der Waals surface area contributed by atoms with Gasteiger partial charge in [-0.05, 0) is 35.9 Å². The van der Waals surface area contributed by atoms with Gasteiger partial charge in [0.25, 0.3) is 0 Å². The minimum Gasteiger partial charge on any atom is -0.493 e. The van der Waals surface area contributed by atoms with Crippen LogP contribution in [0.15, 0.2) is 42.7 Å². The second-order valence-corrected chi connectivity index (χ2v) is 7.25. The number of hydrogen-bond acceptors (Lipinski definition) is 6. The van der Waals surface area contributed by atoms with Crippen LogP contribution in [-0.4, -0.2) is 55.3 Å². The van der Waals surface area contributed by atoms with Crippen LogP contribution in [0.1, 0.15) is 5.56 Å². The lowest BCUT2D eigenvalue weighted by Crippen LogP contribution is -2.46. The molecule has 0 N–H and O–H groups in total. The third kappa shape index (κ3) is 3.84. The summed E-state index contributed by atoms with van der Waals surface area (Å²) in [5.41, 5.74) is 2.10. The highest BCUT2D eigenvalue weighted by Crippen LogP contribution is 2.29. The zero-order valence-corrected chi connectivity index (χ0v) is 16.8. The number of fused-ring (bicyclic) bond motifs is 1. The van der Waals surface area contributed by atoms with E-state index in [-0.39, 0.29) is 0 Å². The van der Waals surface area contributed by atoms with Gasteiger partial charge < -0.3 is 14.4 Å². The molecule has 3 aromatic rings. The van der Waals surface area contributed by atoms with E-state index in [9.17, 15) is 0 Å². The summed E-state index contributed by atoms with van der Waals surface area (Å²) >= 11 is 6.10. The van der Waals surface area contributed by atoms with Gasteiger partial charge in [0.15, 0.2) is 11.5 Å². The molecular weight excluding hydrogens is 376 g/mol. The molecule has 1 aliphatic heterocycles. The molecule has 4 rings (SSSR count). The van der Waals surface area contributed by atoms with Crippen molar-refractivity contribution in [3.63, 3.8) is 0 Å². The summed E-state index contributed by atoms with van der Waals surface area (Å²) in [6.45, 7) is 4.65. The highest BCUT2D eigenvalue weighted by atomic mass is 35.5. The normalized spacial score (nSPS) is 15.0. The molecule has 0 unspecified atom stereocenters. The molecule has 1 aliphatic rings. The van der Waals surface area contributed by atoms with E-state index < -0.39 is 0 Å². The average molecular weight is 399 g/mol. The lowest BCUT2D eigenvalue weighted by molar-refractivity contribution is 0.249. The van der Waals surface area contributed by atoms with E-state index in [1.807, 2.05) is 30.3 Å². The van der Waals surface area contributed by atoms with Crippen molar-refractivity contribution in [2.24, 2.45) is 0 Å². The largest absolute Gasteiger partial charge is 0.493 e. The summed E-state index contributed by atoms with van der Waals surface area (Å²) in [6, 6.07) is 11.9. The maximum atomic E-state index is 6.10. The van der Waals surface area contributed by atoms with E-state index in [1.54, 1.807) is 20.5 Å². The Balaban J connectivity index is 1.44. The summed E-state index contributed by atoms with van der Waals surface area (Å²) in [5.74, 6) is 2.50. The maximum absolute atomic E-state index is 6.10. The summed E-state index contributed by atoms with van der Waals surface area (Å²) in [5, 5.41) is 1.73. The Morgan fingerprint density at radius 3 is 2.46 bits per heavy atom. The fourth-order valence-electron chi connectivity index (χ4n) is 3.62. The third-order valence-corrected chi connectivity index (χ3v) is 5.34. The Bertz CT molecular complexity index is 974. The summed E-state index contributed by atoms with van der Waals surface area (Å²) in [7, 11) is 3.32. The molecule has 6 nitrogen and oxygen atoms in total. The van der Waals surface area contributed by atoms with Crippen LogP contribution in [0, 0.1) is 0 Å². The first kappa shape index (κ1) is 18.8. The second kappa shape index (κ2) is 8.20. The Morgan fingerprint density at radius 2 is 1.71 bits per heavy atom. The van der Waals surface area contributed by atoms with Gasteiger partial charge in [-0.2, -0.15) is 0 Å². The van der Waals surface area contributed by atoms with E-state index in [0.29, 0.717) is 5.02 Å². The highest BCUT2D eigenvalue weighted by molar-refractivity contribution is 6.31. The number of piperazine rings is 1. The molecule has 0 atom stereocenters. The van der Waals surface area contributed by atoms with Crippen LogP contribution >= 0.6 is 11.6 Å². The van der Waals surface area contributed by atoms with Crippen molar-refractivity contribution >= 4 is 28.3 Å². The zero-order chi connectivity index (χ0) is 19.5. The van der Waals surface area contributed by atoms with Crippen LogP contribution < -0.4 is 14.4 Å². The van der Waals surface area contributed by atoms with E-state index in [1.165, 1.54) is 5.56 Å². The fourth-order valence-corrected chi connectivity index (χ4v) is 3.79. The molecule has 0 amide bonds. The molecule has 0 bridgehead atoms. The predicted molar refractivity (Wildman–Crippen MR) is 112 cm³/mol. The monoisotopic (exact) mass is 398 g/mol. The van der Waals surface area contributed by atoms with Gasteiger partial charge in [0.1, 0.15) is 12.1 Å². The van der Waals surface area contributed by atoms with Gasteiger partial charge in [-0.1, -0.05) is 17.7 Å². The number of nitrogens with zero attached hydrogens (tertiary/aromatic N) is 4. The topological polar surface area (TPSA) is 50.7 Å². The lowest BCUT2D eigenvalue weighted by atomic mass is 10.1. The van der Waals surface area contributed by atoms with Gasteiger partial charge in [-0.3, -0.25) is 4.90 Å². The van der Waals surface area contributed by atoms with Crippen LogP contribution in [0.2, 0.25) is 5.02 Å². The van der Waals surface area contributed by atoms with Gasteiger partial charge in [0.2, 0.25) is 0 Å². The minimum atomic E-state index is 0.692.